The smallest absolute Gasteiger partial charge is 0.188 e. The number of carbonyl (C=O) groups excluding carboxylic acids is 2. The van der Waals surface area contributed by atoms with E-state index in [2.05, 4.69) is 34.6 Å². The van der Waals surface area contributed by atoms with E-state index < -0.39 is 6.10 Å². The van der Waals surface area contributed by atoms with Gasteiger partial charge in [0.1, 0.15) is 6.10 Å². The topological polar surface area (TPSA) is 54.4 Å². The Bertz CT molecular complexity index is 736. The first kappa shape index (κ1) is 22.2. The zero-order valence-electron chi connectivity index (χ0n) is 19.7. The molecule has 1 N–H and O–H groups in total. The molecule has 4 rings (SSSR count). The first-order chi connectivity index (χ1) is 14.1. The number of ketones is 2. The standard InChI is InChI=1S/C27H42O3/c1-16(2)7-6-8-17(3)19-9-10-20-23-21(12-14-26(19,20)4)27(5)13-11-18(28)15-22(27)24(29)25(23)30/h15-17,19-21,23,25,30H,6-14H2,1-5H3/t17-,19-,20+,21+,23+,25+,26-,27-/m1/s1. The summed E-state index contributed by atoms with van der Waals surface area (Å²) in [4.78, 5) is 25.3. The molecule has 3 nitrogen and oxygen atoms in total. The van der Waals surface area contributed by atoms with Crippen LogP contribution in [0.2, 0.25) is 0 Å². The van der Waals surface area contributed by atoms with Crippen molar-refractivity contribution in [2.24, 2.45) is 46.3 Å². The number of hydrogen-bond acceptors (Lipinski definition) is 3. The second-order valence-electron chi connectivity index (χ2n) is 12.1. The van der Waals surface area contributed by atoms with Gasteiger partial charge in [-0.05, 0) is 84.5 Å². The van der Waals surface area contributed by atoms with Crippen molar-refractivity contribution in [2.75, 3.05) is 0 Å². The Labute approximate surface area is 183 Å². The van der Waals surface area contributed by atoms with E-state index in [1.165, 1.54) is 32.1 Å². The SMILES string of the molecule is CC(C)CCC[C@@H](C)[C@H]1CC[C@H]2[C@@H]3[C@H](O)C(=O)C4=CC(=O)CC[C@]4(C)[C@H]3CC[C@]12C. The lowest BCUT2D eigenvalue weighted by atomic mass is 9.45. The van der Waals surface area contributed by atoms with Gasteiger partial charge < -0.3 is 5.11 Å². The van der Waals surface area contributed by atoms with Crippen LogP contribution in [0.15, 0.2) is 11.6 Å². The molecule has 0 saturated heterocycles. The summed E-state index contributed by atoms with van der Waals surface area (Å²) in [5.74, 6) is 2.93. The third-order valence-electron chi connectivity index (χ3n) is 10.1. The van der Waals surface area contributed by atoms with Gasteiger partial charge in [-0.2, -0.15) is 0 Å². The summed E-state index contributed by atoms with van der Waals surface area (Å²) in [6, 6.07) is 0. The maximum atomic E-state index is 13.2. The van der Waals surface area contributed by atoms with Crippen molar-refractivity contribution in [1.29, 1.82) is 0 Å². The van der Waals surface area contributed by atoms with Crippen LogP contribution in [0.4, 0.5) is 0 Å². The van der Waals surface area contributed by atoms with E-state index in [1.54, 1.807) is 6.08 Å². The Kier molecular flexibility index (Phi) is 5.83. The number of hydrogen-bond donors (Lipinski definition) is 1. The Morgan fingerprint density at radius 1 is 1.03 bits per heavy atom. The van der Waals surface area contributed by atoms with E-state index in [4.69, 9.17) is 0 Å². The monoisotopic (exact) mass is 414 g/mol. The van der Waals surface area contributed by atoms with Crippen LogP contribution in [0.3, 0.4) is 0 Å². The molecule has 0 radical (unpaired) electrons. The second kappa shape index (κ2) is 7.87. The van der Waals surface area contributed by atoms with Crippen molar-refractivity contribution in [1.82, 2.24) is 0 Å². The third-order valence-corrected chi connectivity index (χ3v) is 10.1. The van der Waals surface area contributed by atoms with E-state index in [0.717, 1.165) is 25.2 Å². The minimum atomic E-state index is -0.917. The molecule has 0 spiro atoms. The summed E-state index contributed by atoms with van der Waals surface area (Å²) >= 11 is 0. The van der Waals surface area contributed by atoms with Gasteiger partial charge in [0.05, 0.1) is 0 Å². The third kappa shape index (κ3) is 3.34. The average molecular weight is 415 g/mol. The minimum absolute atomic E-state index is 0.0540. The molecule has 0 unspecified atom stereocenters. The molecule has 8 atom stereocenters. The highest BCUT2D eigenvalue weighted by atomic mass is 16.3. The Hall–Kier alpha value is -0.960. The summed E-state index contributed by atoms with van der Waals surface area (Å²) < 4.78 is 0. The zero-order valence-corrected chi connectivity index (χ0v) is 19.7. The van der Waals surface area contributed by atoms with Gasteiger partial charge in [-0.3, -0.25) is 9.59 Å². The molecular weight excluding hydrogens is 372 g/mol. The molecule has 0 aromatic carbocycles. The molecule has 3 fully saturated rings. The highest BCUT2D eigenvalue weighted by Gasteiger charge is 2.63. The van der Waals surface area contributed by atoms with E-state index >= 15 is 0 Å². The van der Waals surface area contributed by atoms with Crippen molar-refractivity contribution >= 4 is 11.6 Å². The number of Topliss-reactive ketones (excluding diaryl/α,β-unsaturated/α-hetero) is 1. The van der Waals surface area contributed by atoms with Crippen molar-refractivity contribution in [3.63, 3.8) is 0 Å². The number of aliphatic hydroxyl groups is 1. The van der Waals surface area contributed by atoms with Gasteiger partial charge in [0.25, 0.3) is 0 Å². The van der Waals surface area contributed by atoms with E-state index in [1.807, 2.05) is 0 Å². The molecular formula is C27H42O3. The molecule has 0 heterocycles. The fraction of sp³-hybridized carbons (Fsp3) is 0.852. The van der Waals surface area contributed by atoms with Crippen molar-refractivity contribution in [2.45, 2.75) is 98.5 Å². The fourth-order valence-corrected chi connectivity index (χ4v) is 8.39. The van der Waals surface area contributed by atoms with Crippen LogP contribution in [0.5, 0.6) is 0 Å². The normalized spacial score (nSPS) is 44.4. The zero-order chi connectivity index (χ0) is 21.8. The summed E-state index contributed by atoms with van der Waals surface area (Å²) in [7, 11) is 0. The summed E-state index contributed by atoms with van der Waals surface area (Å²) in [6.07, 6.45) is 10.6. The van der Waals surface area contributed by atoms with Crippen molar-refractivity contribution in [3.8, 4) is 0 Å². The van der Waals surface area contributed by atoms with Gasteiger partial charge in [-0.1, -0.05) is 53.9 Å². The Morgan fingerprint density at radius 2 is 1.77 bits per heavy atom. The molecule has 3 heteroatoms. The highest BCUT2D eigenvalue weighted by molar-refractivity contribution is 6.07. The molecule has 0 aromatic heterocycles. The van der Waals surface area contributed by atoms with Crippen LogP contribution in [-0.2, 0) is 9.59 Å². The predicted octanol–water partition coefficient (Wildman–Crippen LogP) is 5.75. The molecule has 0 bridgehead atoms. The fourth-order valence-electron chi connectivity index (χ4n) is 8.39. The van der Waals surface area contributed by atoms with Crippen LogP contribution in [0, 0.1) is 46.3 Å². The van der Waals surface area contributed by atoms with Gasteiger partial charge >= 0.3 is 0 Å². The largest absolute Gasteiger partial charge is 0.385 e. The lowest BCUT2D eigenvalue weighted by molar-refractivity contribution is -0.152. The summed E-state index contributed by atoms with van der Waals surface area (Å²) in [5.41, 5.74) is 0.645. The first-order valence-electron chi connectivity index (χ1n) is 12.6. The lowest BCUT2D eigenvalue weighted by Gasteiger charge is -2.59. The number of carbonyl (C=O) groups is 2. The predicted molar refractivity (Wildman–Crippen MR) is 120 cm³/mol. The van der Waals surface area contributed by atoms with Gasteiger partial charge in [-0.25, -0.2) is 0 Å². The highest BCUT2D eigenvalue weighted by Crippen LogP contribution is 2.67. The molecule has 168 valence electrons. The quantitative estimate of drug-likeness (QED) is 0.623. The van der Waals surface area contributed by atoms with Gasteiger partial charge in [-0.15, -0.1) is 0 Å². The lowest BCUT2D eigenvalue weighted by Crippen LogP contribution is -2.59. The maximum Gasteiger partial charge on any atom is 0.188 e. The van der Waals surface area contributed by atoms with Crippen molar-refractivity contribution < 1.29 is 14.7 Å². The van der Waals surface area contributed by atoms with Crippen LogP contribution >= 0.6 is 0 Å². The molecule has 0 aliphatic heterocycles. The van der Waals surface area contributed by atoms with E-state index in [-0.39, 0.29) is 28.3 Å². The minimum Gasteiger partial charge on any atom is -0.385 e. The molecule has 0 amide bonds. The van der Waals surface area contributed by atoms with Crippen LogP contribution in [-0.4, -0.2) is 22.8 Å². The van der Waals surface area contributed by atoms with Crippen LogP contribution in [0.1, 0.15) is 92.4 Å². The van der Waals surface area contributed by atoms with Gasteiger partial charge in [0, 0.05) is 12.0 Å². The molecule has 4 aliphatic carbocycles. The van der Waals surface area contributed by atoms with Crippen molar-refractivity contribution in [3.05, 3.63) is 11.6 Å². The number of aliphatic hydroxyl groups excluding tert-OH is 1. The Morgan fingerprint density at radius 3 is 2.47 bits per heavy atom. The summed E-state index contributed by atoms with van der Waals surface area (Å²) in [5, 5.41) is 11.2. The molecule has 4 aliphatic rings. The average Bonchev–Trinajstić information content (AvgIpc) is 3.04. The maximum absolute atomic E-state index is 13.2. The van der Waals surface area contributed by atoms with E-state index in [0.29, 0.717) is 35.7 Å². The molecule has 30 heavy (non-hydrogen) atoms. The first-order valence-corrected chi connectivity index (χ1v) is 12.6. The van der Waals surface area contributed by atoms with E-state index in [9.17, 15) is 14.7 Å². The Balaban J connectivity index is 1.58. The molecule has 3 saturated carbocycles. The van der Waals surface area contributed by atoms with Crippen LogP contribution < -0.4 is 0 Å². The molecule has 0 aromatic rings. The van der Waals surface area contributed by atoms with Gasteiger partial charge in [0.15, 0.2) is 11.6 Å². The number of fused-ring (bicyclic) bond motifs is 5. The second-order valence-corrected chi connectivity index (χ2v) is 12.1. The van der Waals surface area contributed by atoms with Gasteiger partial charge in [0.2, 0.25) is 0 Å². The summed E-state index contributed by atoms with van der Waals surface area (Å²) in [6.45, 7) is 11.7. The number of rotatable bonds is 5. The van der Waals surface area contributed by atoms with Crippen LogP contribution in [0.25, 0.3) is 0 Å².